The summed E-state index contributed by atoms with van der Waals surface area (Å²) in [6, 6.07) is 12.5. The molecule has 0 saturated carbocycles. The third kappa shape index (κ3) is 13.5. The Morgan fingerprint density at radius 3 is 1.82 bits per heavy atom. The standard InChI is InChI=1S/C33H31F5N2O10/c34-32(35,36)16-5-19-47-28-13-9-25(10-14-28)33(37,38)50-29-11-6-23(7-12-29)8-15-30(41)48-17-3-1-2-4-18-49-31(42)24-20-26(39(43)44)22-27(21-24)40(45)46/h6-15,20-22H,1-5,16-19H2. The summed E-state index contributed by atoms with van der Waals surface area (Å²) in [6.45, 7) is -0.142. The first-order chi connectivity index (χ1) is 23.6. The van der Waals surface area contributed by atoms with Crippen molar-refractivity contribution in [2.24, 2.45) is 0 Å². The summed E-state index contributed by atoms with van der Waals surface area (Å²) in [5, 5.41) is 21.9. The molecule has 3 aromatic carbocycles. The van der Waals surface area contributed by atoms with Crippen LogP contribution in [0.4, 0.5) is 33.3 Å². The summed E-state index contributed by atoms with van der Waals surface area (Å²) in [7, 11) is 0. The molecule has 0 atom stereocenters. The molecule has 0 spiro atoms. The Labute approximate surface area is 281 Å². The van der Waals surface area contributed by atoms with Crippen molar-refractivity contribution in [1.82, 2.24) is 0 Å². The van der Waals surface area contributed by atoms with Crippen LogP contribution in [0.2, 0.25) is 0 Å². The van der Waals surface area contributed by atoms with Crippen molar-refractivity contribution in [3.05, 3.63) is 110 Å². The zero-order valence-electron chi connectivity index (χ0n) is 26.2. The lowest BCUT2D eigenvalue weighted by Gasteiger charge is -2.18. The average molecular weight is 711 g/mol. The Balaban J connectivity index is 1.32. The number of non-ortho nitro benzene ring substituents is 2. The quantitative estimate of drug-likeness (QED) is 0.0296. The molecule has 0 N–H and O–H groups in total. The van der Waals surface area contributed by atoms with Crippen LogP contribution in [0.3, 0.4) is 0 Å². The van der Waals surface area contributed by atoms with Crippen LogP contribution in [0, 0.1) is 20.2 Å². The summed E-state index contributed by atoms with van der Waals surface area (Å²) < 4.78 is 86.0. The fourth-order valence-corrected chi connectivity index (χ4v) is 4.18. The zero-order valence-corrected chi connectivity index (χ0v) is 26.2. The highest BCUT2D eigenvalue weighted by molar-refractivity contribution is 5.91. The first-order valence-corrected chi connectivity index (χ1v) is 15.1. The van der Waals surface area contributed by atoms with E-state index in [1.165, 1.54) is 42.5 Å². The first kappa shape index (κ1) is 38.8. The number of carbonyl (C=O) groups is 2. The number of carbonyl (C=O) groups excluding carboxylic acids is 2. The van der Waals surface area contributed by atoms with Crippen molar-refractivity contribution < 1.29 is 60.3 Å². The number of nitrogens with zero attached hydrogens (tertiary/aromatic N) is 2. The number of ether oxygens (including phenoxy) is 4. The van der Waals surface area contributed by atoms with Crippen LogP contribution in [0.5, 0.6) is 11.5 Å². The molecule has 50 heavy (non-hydrogen) atoms. The molecular formula is C33H31F5N2O10. The lowest BCUT2D eigenvalue weighted by Crippen LogP contribution is -2.21. The number of rotatable bonds is 19. The second kappa shape index (κ2) is 18.2. The molecule has 17 heteroatoms. The Hall–Kier alpha value is -5.61. The highest BCUT2D eigenvalue weighted by atomic mass is 19.4. The van der Waals surface area contributed by atoms with Gasteiger partial charge in [0.25, 0.3) is 11.4 Å². The minimum absolute atomic E-state index is 0.0266. The predicted octanol–water partition coefficient (Wildman–Crippen LogP) is 8.33. The third-order valence-corrected chi connectivity index (χ3v) is 6.68. The average Bonchev–Trinajstić information content (AvgIpc) is 3.06. The van der Waals surface area contributed by atoms with Gasteiger partial charge in [0.05, 0.1) is 46.9 Å². The van der Waals surface area contributed by atoms with E-state index in [4.69, 9.17) is 18.9 Å². The van der Waals surface area contributed by atoms with E-state index in [1.54, 1.807) is 0 Å². The molecule has 0 aliphatic rings. The topological polar surface area (TPSA) is 157 Å². The minimum atomic E-state index is -4.30. The van der Waals surface area contributed by atoms with Gasteiger partial charge in [-0.2, -0.15) is 22.0 Å². The van der Waals surface area contributed by atoms with Crippen LogP contribution in [0.1, 0.15) is 60.0 Å². The number of nitro benzene ring substituents is 2. The predicted molar refractivity (Wildman–Crippen MR) is 167 cm³/mol. The van der Waals surface area contributed by atoms with Crippen LogP contribution < -0.4 is 9.47 Å². The van der Waals surface area contributed by atoms with Crippen LogP contribution in [0.15, 0.2) is 72.8 Å². The molecule has 0 fully saturated rings. The number of benzene rings is 3. The van der Waals surface area contributed by atoms with E-state index in [9.17, 15) is 51.8 Å². The van der Waals surface area contributed by atoms with E-state index in [2.05, 4.69) is 0 Å². The van der Waals surface area contributed by atoms with Gasteiger partial charge in [0.2, 0.25) is 0 Å². The normalized spacial score (nSPS) is 11.6. The van der Waals surface area contributed by atoms with Crippen molar-refractivity contribution in [1.29, 1.82) is 0 Å². The van der Waals surface area contributed by atoms with E-state index >= 15 is 0 Å². The van der Waals surface area contributed by atoms with Crippen molar-refractivity contribution >= 4 is 29.4 Å². The second-order valence-electron chi connectivity index (χ2n) is 10.6. The summed E-state index contributed by atoms with van der Waals surface area (Å²) in [4.78, 5) is 44.4. The zero-order chi connectivity index (χ0) is 36.7. The van der Waals surface area contributed by atoms with Gasteiger partial charge in [-0.3, -0.25) is 20.2 Å². The largest absolute Gasteiger partial charge is 0.494 e. The van der Waals surface area contributed by atoms with E-state index in [0.29, 0.717) is 31.2 Å². The second-order valence-corrected chi connectivity index (χ2v) is 10.6. The van der Waals surface area contributed by atoms with E-state index < -0.39 is 57.4 Å². The van der Waals surface area contributed by atoms with Crippen molar-refractivity contribution in [3.63, 3.8) is 0 Å². The monoisotopic (exact) mass is 710 g/mol. The van der Waals surface area contributed by atoms with Crippen molar-refractivity contribution in [2.75, 3.05) is 19.8 Å². The van der Waals surface area contributed by atoms with Gasteiger partial charge in [-0.15, -0.1) is 0 Å². The Kier molecular flexibility index (Phi) is 14.2. The maximum absolute atomic E-state index is 14.6. The minimum Gasteiger partial charge on any atom is -0.494 e. The SMILES string of the molecule is O=C(C=Cc1ccc(OC(F)(F)c2ccc(OCCCC(F)(F)F)cc2)cc1)OCCCCCCOC(=O)c1cc([N+](=O)[O-])cc([N+](=O)[O-])c1. The maximum atomic E-state index is 14.6. The van der Waals surface area contributed by atoms with Gasteiger partial charge in [0, 0.05) is 24.6 Å². The van der Waals surface area contributed by atoms with E-state index in [1.807, 2.05) is 0 Å². The Morgan fingerprint density at radius 1 is 0.700 bits per heavy atom. The number of halogens is 5. The molecular weight excluding hydrogens is 679 g/mol. The lowest BCUT2D eigenvalue weighted by molar-refractivity contribution is -0.394. The van der Waals surface area contributed by atoms with Gasteiger partial charge in [0.1, 0.15) is 11.5 Å². The van der Waals surface area contributed by atoms with Crippen LogP contribution in [0.25, 0.3) is 6.08 Å². The molecule has 0 radical (unpaired) electrons. The molecule has 0 aliphatic carbocycles. The summed E-state index contributed by atoms with van der Waals surface area (Å²) in [5.41, 5.74) is -1.53. The molecule has 3 rings (SSSR count). The Morgan fingerprint density at radius 2 is 1.26 bits per heavy atom. The van der Waals surface area contributed by atoms with Crippen LogP contribution >= 0.6 is 0 Å². The molecule has 0 aliphatic heterocycles. The van der Waals surface area contributed by atoms with Gasteiger partial charge in [-0.05, 0) is 80.1 Å². The molecule has 0 bridgehead atoms. The molecule has 0 heterocycles. The van der Waals surface area contributed by atoms with Crippen LogP contribution in [-0.4, -0.2) is 47.8 Å². The van der Waals surface area contributed by atoms with Gasteiger partial charge in [0.15, 0.2) is 0 Å². The number of hydrogen-bond donors (Lipinski definition) is 0. The third-order valence-electron chi connectivity index (χ3n) is 6.68. The fourth-order valence-electron chi connectivity index (χ4n) is 4.18. The van der Waals surface area contributed by atoms with Gasteiger partial charge < -0.3 is 18.9 Å². The van der Waals surface area contributed by atoms with Crippen LogP contribution in [-0.2, 0) is 20.4 Å². The summed E-state index contributed by atoms with van der Waals surface area (Å²) in [5.74, 6) is -1.59. The maximum Gasteiger partial charge on any atom is 0.426 e. The number of hydrogen-bond acceptors (Lipinski definition) is 10. The highest BCUT2D eigenvalue weighted by Gasteiger charge is 2.34. The van der Waals surface area contributed by atoms with E-state index in [0.717, 1.165) is 36.4 Å². The number of alkyl halides is 5. The molecule has 0 aromatic heterocycles. The lowest BCUT2D eigenvalue weighted by atomic mass is 10.1. The van der Waals surface area contributed by atoms with Crippen molar-refractivity contribution in [3.8, 4) is 11.5 Å². The molecule has 3 aromatic rings. The summed E-state index contributed by atoms with van der Waals surface area (Å²) >= 11 is 0. The first-order valence-electron chi connectivity index (χ1n) is 15.1. The smallest absolute Gasteiger partial charge is 0.426 e. The van der Waals surface area contributed by atoms with Gasteiger partial charge in [-0.1, -0.05) is 12.1 Å². The molecule has 0 unspecified atom stereocenters. The molecule has 0 saturated heterocycles. The van der Waals surface area contributed by atoms with Gasteiger partial charge in [-0.25, -0.2) is 9.59 Å². The summed E-state index contributed by atoms with van der Waals surface area (Å²) in [6.07, 6.45) is -4.58. The molecule has 12 nitrogen and oxygen atoms in total. The number of nitro groups is 2. The molecule has 268 valence electrons. The highest BCUT2D eigenvalue weighted by Crippen LogP contribution is 2.33. The number of esters is 2. The fraction of sp³-hybridized carbons (Fsp3) is 0.333. The van der Waals surface area contributed by atoms with Crippen molar-refractivity contribution in [2.45, 2.75) is 50.8 Å². The van der Waals surface area contributed by atoms with Gasteiger partial charge >= 0.3 is 24.2 Å². The van der Waals surface area contributed by atoms with E-state index in [-0.39, 0.29) is 43.3 Å². The Bertz CT molecular complexity index is 1610. The number of unbranched alkanes of at least 4 members (excludes halogenated alkanes) is 3. The molecule has 0 amide bonds.